The van der Waals surface area contributed by atoms with Crippen LogP contribution in [0.3, 0.4) is 0 Å². The highest BCUT2D eigenvalue weighted by Gasteiger charge is 2.45. The van der Waals surface area contributed by atoms with E-state index in [1.54, 1.807) is 26.0 Å². The lowest BCUT2D eigenvalue weighted by Gasteiger charge is -2.33. The summed E-state index contributed by atoms with van der Waals surface area (Å²) in [5.74, 6) is -2.69. The fourth-order valence-electron chi connectivity index (χ4n) is 6.71. The monoisotopic (exact) mass is 609 g/mol. The molecule has 1 fully saturated rings. The zero-order valence-electron chi connectivity index (χ0n) is 26.1. The Morgan fingerprint density at radius 1 is 1.02 bits per heavy atom. The summed E-state index contributed by atoms with van der Waals surface area (Å²) in [6, 6.07) is 27.0. The summed E-state index contributed by atoms with van der Waals surface area (Å²) in [5, 5.41) is 11.6. The number of rotatable bonds is 10. The molecule has 2 unspecified atom stereocenters. The lowest BCUT2D eigenvalue weighted by molar-refractivity contribution is -0.384. The Hall–Kier alpha value is -4.63. The third-order valence-corrected chi connectivity index (χ3v) is 8.94. The van der Waals surface area contributed by atoms with E-state index in [2.05, 4.69) is 58.4 Å². The Labute approximate surface area is 263 Å². The molecule has 45 heavy (non-hydrogen) atoms. The van der Waals surface area contributed by atoms with E-state index in [9.17, 15) is 19.7 Å². The molecule has 2 aliphatic heterocycles. The van der Waals surface area contributed by atoms with Gasteiger partial charge >= 0.3 is 11.9 Å². The van der Waals surface area contributed by atoms with Gasteiger partial charge in [-0.1, -0.05) is 72.8 Å². The van der Waals surface area contributed by atoms with E-state index in [0.717, 1.165) is 19.5 Å². The molecule has 234 valence electrons. The Morgan fingerprint density at radius 2 is 1.67 bits per heavy atom. The van der Waals surface area contributed by atoms with E-state index in [0.29, 0.717) is 29.9 Å². The van der Waals surface area contributed by atoms with Crippen molar-refractivity contribution in [3.8, 4) is 0 Å². The van der Waals surface area contributed by atoms with Crippen LogP contribution in [0.25, 0.3) is 0 Å². The van der Waals surface area contributed by atoms with E-state index in [1.165, 1.54) is 30.4 Å². The fraction of sp³-hybridized carbons (Fsp3) is 0.361. The number of carbonyl (C=O) groups excluding carboxylic acids is 2. The second-order valence-corrected chi connectivity index (χ2v) is 12.1. The predicted molar refractivity (Wildman–Crippen MR) is 172 cm³/mol. The van der Waals surface area contributed by atoms with Crippen molar-refractivity contribution in [3.05, 3.63) is 123 Å². The third-order valence-electron chi connectivity index (χ3n) is 8.94. The zero-order valence-corrected chi connectivity index (χ0v) is 26.1. The van der Waals surface area contributed by atoms with Crippen molar-refractivity contribution in [2.45, 2.75) is 51.0 Å². The van der Waals surface area contributed by atoms with Crippen LogP contribution < -0.4 is 0 Å². The van der Waals surface area contributed by atoms with Gasteiger partial charge in [0.25, 0.3) is 5.69 Å². The lowest BCUT2D eigenvalue weighted by atomic mass is 9.75. The van der Waals surface area contributed by atoms with Crippen LogP contribution in [0.4, 0.5) is 5.69 Å². The average Bonchev–Trinajstić information content (AvgIpc) is 3.41. The van der Waals surface area contributed by atoms with E-state index < -0.39 is 34.3 Å². The van der Waals surface area contributed by atoms with Crippen LogP contribution in [0.2, 0.25) is 0 Å². The summed E-state index contributed by atoms with van der Waals surface area (Å²) in [6.07, 6.45) is 1.56. The van der Waals surface area contributed by atoms with Gasteiger partial charge in [0.05, 0.1) is 17.6 Å². The van der Waals surface area contributed by atoms with Crippen LogP contribution in [0.5, 0.6) is 0 Å². The van der Waals surface area contributed by atoms with Crippen molar-refractivity contribution >= 4 is 23.3 Å². The largest absolute Gasteiger partial charge is 0.468 e. The molecule has 0 amide bonds. The summed E-state index contributed by atoms with van der Waals surface area (Å²) < 4.78 is 11.3. The smallest absolute Gasteiger partial charge is 0.337 e. The minimum Gasteiger partial charge on any atom is -0.468 e. The number of hydrogen-bond donors (Lipinski definition) is 0. The van der Waals surface area contributed by atoms with Crippen LogP contribution in [-0.2, 0) is 19.1 Å². The number of likely N-dealkylation sites (tertiary alicyclic amines) is 1. The fourth-order valence-corrected chi connectivity index (χ4v) is 6.71. The number of nitrogens with zero attached hydrogens (tertiary/aromatic N) is 3. The van der Waals surface area contributed by atoms with Gasteiger partial charge in [-0.2, -0.15) is 0 Å². The molecule has 0 bridgehead atoms. The van der Waals surface area contributed by atoms with Gasteiger partial charge in [-0.05, 0) is 50.4 Å². The molecule has 3 aromatic rings. The molecule has 2 aliphatic rings. The highest BCUT2D eigenvalue weighted by Crippen LogP contribution is 2.42. The molecule has 3 aromatic carbocycles. The van der Waals surface area contributed by atoms with Crippen LogP contribution in [0, 0.1) is 16.0 Å². The van der Waals surface area contributed by atoms with E-state index in [1.807, 2.05) is 19.1 Å². The molecule has 9 nitrogen and oxygen atoms in total. The minimum atomic E-state index is -0.927. The first kappa shape index (κ1) is 31.8. The van der Waals surface area contributed by atoms with Crippen molar-refractivity contribution in [1.29, 1.82) is 0 Å². The van der Waals surface area contributed by atoms with Gasteiger partial charge in [0.2, 0.25) is 0 Å². The van der Waals surface area contributed by atoms with Gasteiger partial charge in [0, 0.05) is 54.9 Å². The second kappa shape index (κ2) is 13.6. The molecular weight excluding hydrogens is 570 g/mol. The van der Waals surface area contributed by atoms with E-state index in [4.69, 9.17) is 9.47 Å². The van der Waals surface area contributed by atoms with Gasteiger partial charge < -0.3 is 9.47 Å². The number of non-ortho nitro benzene ring substituents is 1. The molecule has 0 N–H and O–H groups in total. The minimum absolute atomic E-state index is 0.135. The maximum atomic E-state index is 14.0. The van der Waals surface area contributed by atoms with Crippen LogP contribution in [0.15, 0.2) is 101 Å². The van der Waals surface area contributed by atoms with Crippen LogP contribution in [0.1, 0.15) is 62.1 Å². The number of esters is 2. The molecule has 2 heterocycles. The van der Waals surface area contributed by atoms with Crippen LogP contribution >= 0.6 is 0 Å². The van der Waals surface area contributed by atoms with E-state index in [-0.39, 0.29) is 17.2 Å². The predicted octanol–water partition coefficient (Wildman–Crippen LogP) is 6.45. The molecule has 5 rings (SSSR count). The Bertz CT molecular complexity index is 1580. The number of allylic oxidation sites excluding steroid dienone is 1. The molecule has 0 spiro atoms. The van der Waals surface area contributed by atoms with Crippen molar-refractivity contribution < 1.29 is 24.0 Å². The first-order valence-electron chi connectivity index (χ1n) is 15.2. The quantitative estimate of drug-likeness (QED) is 0.148. The van der Waals surface area contributed by atoms with Gasteiger partial charge in [0.1, 0.15) is 11.5 Å². The highest BCUT2D eigenvalue weighted by atomic mass is 16.6. The normalized spacial score (nSPS) is 21.8. The summed E-state index contributed by atoms with van der Waals surface area (Å²) >= 11 is 0. The first-order chi connectivity index (χ1) is 21.6. The molecule has 0 radical (unpaired) electrons. The topological polar surface area (TPSA) is 111 Å². The number of carbonyl (C=O) groups is 2. The third kappa shape index (κ3) is 7.04. The molecule has 0 aliphatic carbocycles. The number of aliphatic imine (C=N–C) groups is 1. The summed E-state index contributed by atoms with van der Waals surface area (Å²) in [7, 11) is 1.28. The number of nitro benzene ring substituents is 1. The highest BCUT2D eigenvalue weighted by molar-refractivity contribution is 6.07. The van der Waals surface area contributed by atoms with E-state index >= 15 is 0 Å². The molecule has 0 saturated carbocycles. The Balaban J connectivity index is 1.35. The van der Waals surface area contributed by atoms with Crippen LogP contribution in [-0.4, -0.2) is 59.8 Å². The van der Waals surface area contributed by atoms with Gasteiger partial charge in [-0.3, -0.25) is 24.8 Å². The summed E-state index contributed by atoms with van der Waals surface area (Å²) in [5.41, 5.74) is 3.18. The van der Waals surface area contributed by atoms with Gasteiger partial charge in [0.15, 0.2) is 0 Å². The standard InChI is InChI=1S/C36H39N3O6/c1-24-31(34(40)44-4)33(28-16-11-17-29(22-28)39(42)43)32(25(2)37-24)35(41)45-36(3)19-21-38(23-36)20-18-30(26-12-7-5-8-13-26)27-14-9-6-10-15-27/h5-17,22,30-31,33H,18-21,23H2,1-4H3/t31?,33-,36?/m0/s1. The Kier molecular flexibility index (Phi) is 9.58. The second-order valence-electron chi connectivity index (χ2n) is 12.1. The van der Waals surface area contributed by atoms with Crippen molar-refractivity contribution in [1.82, 2.24) is 4.90 Å². The zero-order chi connectivity index (χ0) is 32.1. The number of ether oxygens (including phenoxy) is 2. The molecule has 3 atom stereocenters. The summed E-state index contributed by atoms with van der Waals surface area (Å²) in [6.45, 7) is 7.50. The number of benzene rings is 3. The van der Waals surface area contributed by atoms with Crippen molar-refractivity contribution in [3.63, 3.8) is 0 Å². The maximum absolute atomic E-state index is 14.0. The SMILES string of the molecule is COC(=O)C1C(C)=NC(C)=C(C(=O)OC2(C)CCN(CCC(c3ccccc3)c3ccccc3)C2)[C@H]1c1cccc([N+](=O)[O-])c1. The number of hydrogen-bond acceptors (Lipinski definition) is 8. The number of methoxy groups -OCH3 is 1. The molecule has 0 aromatic heterocycles. The molecular formula is C36H39N3O6. The van der Waals surface area contributed by atoms with Crippen molar-refractivity contribution in [2.75, 3.05) is 26.7 Å². The first-order valence-corrected chi connectivity index (χ1v) is 15.2. The summed E-state index contributed by atoms with van der Waals surface area (Å²) in [4.78, 5) is 45.0. The molecule has 9 heteroatoms. The lowest BCUT2D eigenvalue weighted by Crippen LogP contribution is -2.40. The van der Waals surface area contributed by atoms with Crippen molar-refractivity contribution in [2.24, 2.45) is 10.9 Å². The molecule has 1 saturated heterocycles. The Morgan fingerprint density at radius 3 is 2.27 bits per heavy atom. The number of nitro groups is 1. The van der Waals surface area contributed by atoms with Gasteiger partial charge in [-0.25, -0.2) is 4.79 Å². The maximum Gasteiger partial charge on any atom is 0.337 e. The average molecular weight is 610 g/mol. The van der Waals surface area contributed by atoms with Gasteiger partial charge in [-0.15, -0.1) is 0 Å².